The molecular formula is C21H27FN4O. The average molecular weight is 370 g/mol. The zero-order chi connectivity index (χ0) is 19.2. The highest BCUT2D eigenvalue weighted by atomic mass is 19.1. The topological polar surface area (TPSA) is 38.8 Å². The molecule has 0 saturated carbocycles. The van der Waals surface area contributed by atoms with Gasteiger partial charge in [0, 0.05) is 56.3 Å². The van der Waals surface area contributed by atoms with Crippen LogP contribution < -0.4 is 15.1 Å². The summed E-state index contributed by atoms with van der Waals surface area (Å²) >= 11 is 0. The summed E-state index contributed by atoms with van der Waals surface area (Å²) in [5.41, 5.74) is 2.81. The Morgan fingerprint density at radius 3 is 2.30 bits per heavy atom. The van der Waals surface area contributed by atoms with Crippen LogP contribution >= 0.6 is 0 Å². The van der Waals surface area contributed by atoms with Gasteiger partial charge in [0.2, 0.25) is 0 Å². The number of hydrogen-bond donors (Lipinski definition) is 1. The molecule has 1 saturated heterocycles. The molecule has 1 aliphatic rings. The zero-order valence-electron chi connectivity index (χ0n) is 16.0. The van der Waals surface area contributed by atoms with E-state index < -0.39 is 0 Å². The van der Waals surface area contributed by atoms with E-state index in [9.17, 15) is 9.18 Å². The maximum atomic E-state index is 13.4. The van der Waals surface area contributed by atoms with E-state index in [2.05, 4.69) is 29.0 Å². The molecule has 1 aliphatic heterocycles. The number of carbonyl (C=O) groups excluding carboxylic acids is 1. The number of amides is 2. The van der Waals surface area contributed by atoms with Crippen molar-refractivity contribution in [3.63, 3.8) is 0 Å². The van der Waals surface area contributed by atoms with Gasteiger partial charge in [-0.05, 0) is 56.3 Å². The normalized spacial score (nSPS) is 14.2. The van der Waals surface area contributed by atoms with Crippen LogP contribution in [0.5, 0.6) is 0 Å². The standard InChI is InChI=1S/C21H27FN4O/c1-3-24(4-2)19-10-8-18(9-11-19)23-21(27)26-14-12-25(13-15-26)20-7-5-6-17(22)16-20/h5-11,16H,3-4,12-15H2,1-2H3,(H,23,27). The number of anilines is 3. The van der Waals surface area contributed by atoms with Crippen LogP contribution in [0, 0.1) is 5.82 Å². The molecule has 0 aromatic heterocycles. The van der Waals surface area contributed by atoms with Crippen molar-refractivity contribution in [2.75, 3.05) is 54.4 Å². The predicted octanol–water partition coefficient (Wildman–Crippen LogP) is 4.03. The van der Waals surface area contributed by atoms with E-state index in [0.717, 1.165) is 30.2 Å². The van der Waals surface area contributed by atoms with Gasteiger partial charge in [0.05, 0.1) is 0 Å². The average Bonchev–Trinajstić information content (AvgIpc) is 2.70. The number of rotatable bonds is 5. The Bertz CT molecular complexity index is 753. The molecule has 2 amide bonds. The first-order valence-corrected chi connectivity index (χ1v) is 9.52. The number of piperazine rings is 1. The van der Waals surface area contributed by atoms with Crippen LogP contribution in [0.4, 0.5) is 26.2 Å². The summed E-state index contributed by atoms with van der Waals surface area (Å²) in [6.45, 7) is 8.77. The smallest absolute Gasteiger partial charge is 0.321 e. The molecule has 144 valence electrons. The van der Waals surface area contributed by atoms with Gasteiger partial charge in [-0.1, -0.05) is 6.07 Å². The summed E-state index contributed by atoms with van der Waals surface area (Å²) in [6.07, 6.45) is 0. The van der Waals surface area contributed by atoms with Crippen molar-refractivity contribution in [2.45, 2.75) is 13.8 Å². The van der Waals surface area contributed by atoms with Crippen molar-refractivity contribution in [3.05, 3.63) is 54.3 Å². The van der Waals surface area contributed by atoms with Crippen molar-refractivity contribution in [3.8, 4) is 0 Å². The third-order valence-corrected chi connectivity index (χ3v) is 4.99. The van der Waals surface area contributed by atoms with Crippen LogP contribution in [0.25, 0.3) is 0 Å². The number of benzene rings is 2. The van der Waals surface area contributed by atoms with E-state index >= 15 is 0 Å². The number of halogens is 1. The van der Waals surface area contributed by atoms with Crippen molar-refractivity contribution in [1.29, 1.82) is 0 Å². The quantitative estimate of drug-likeness (QED) is 0.864. The molecule has 0 spiro atoms. The molecule has 0 radical (unpaired) electrons. The van der Waals surface area contributed by atoms with E-state index in [-0.39, 0.29) is 11.8 Å². The highest BCUT2D eigenvalue weighted by molar-refractivity contribution is 5.89. The van der Waals surface area contributed by atoms with Crippen LogP contribution in [0.2, 0.25) is 0 Å². The van der Waals surface area contributed by atoms with Crippen LogP contribution in [-0.4, -0.2) is 50.2 Å². The Labute approximate surface area is 160 Å². The van der Waals surface area contributed by atoms with E-state index in [4.69, 9.17) is 0 Å². The van der Waals surface area contributed by atoms with Gasteiger partial charge in [-0.3, -0.25) is 0 Å². The SMILES string of the molecule is CCN(CC)c1ccc(NC(=O)N2CCN(c3cccc(F)c3)CC2)cc1. The fourth-order valence-corrected chi connectivity index (χ4v) is 3.39. The second-order valence-corrected chi connectivity index (χ2v) is 6.60. The lowest BCUT2D eigenvalue weighted by atomic mass is 10.2. The van der Waals surface area contributed by atoms with Crippen molar-refractivity contribution >= 4 is 23.1 Å². The Morgan fingerprint density at radius 2 is 1.70 bits per heavy atom. The molecule has 2 aromatic carbocycles. The first kappa shape index (κ1) is 19.0. The minimum absolute atomic E-state index is 0.0931. The van der Waals surface area contributed by atoms with Gasteiger partial charge in [0.25, 0.3) is 0 Å². The number of nitrogens with zero attached hydrogens (tertiary/aromatic N) is 3. The molecule has 1 N–H and O–H groups in total. The molecule has 6 heteroatoms. The van der Waals surface area contributed by atoms with Crippen LogP contribution in [0.3, 0.4) is 0 Å². The molecule has 2 aromatic rings. The molecule has 0 unspecified atom stereocenters. The molecule has 5 nitrogen and oxygen atoms in total. The lowest BCUT2D eigenvalue weighted by Gasteiger charge is -2.36. The summed E-state index contributed by atoms with van der Waals surface area (Å²) in [7, 11) is 0. The lowest BCUT2D eigenvalue weighted by Crippen LogP contribution is -2.50. The predicted molar refractivity (Wildman–Crippen MR) is 109 cm³/mol. The van der Waals surface area contributed by atoms with Gasteiger partial charge < -0.3 is 20.0 Å². The monoisotopic (exact) mass is 370 g/mol. The summed E-state index contributed by atoms with van der Waals surface area (Å²) in [5.74, 6) is -0.235. The Kier molecular flexibility index (Phi) is 6.16. The summed E-state index contributed by atoms with van der Waals surface area (Å²) < 4.78 is 13.4. The zero-order valence-corrected chi connectivity index (χ0v) is 16.0. The maximum absolute atomic E-state index is 13.4. The molecule has 3 rings (SSSR count). The van der Waals surface area contributed by atoms with Crippen molar-refractivity contribution < 1.29 is 9.18 Å². The summed E-state index contributed by atoms with van der Waals surface area (Å²) in [6, 6.07) is 14.4. The van der Waals surface area contributed by atoms with Crippen LogP contribution in [0.1, 0.15) is 13.8 Å². The summed E-state index contributed by atoms with van der Waals surface area (Å²) in [5, 5.41) is 2.97. The van der Waals surface area contributed by atoms with Crippen LogP contribution in [-0.2, 0) is 0 Å². The van der Waals surface area contributed by atoms with E-state index in [0.29, 0.717) is 26.2 Å². The largest absolute Gasteiger partial charge is 0.372 e. The molecular weight excluding hydrogens is 343 g/mol. The molecule has 1 fully saturated rings. The Hall–Kier alpha value is -2.76. The first-order valence-electron chi connectivity index (χ1n) is 9.52. The highest BCUT2D eigenvalue weighted by Gasteiger charge is 2.21. The van der Waals surface area contributed by atoms with E-state index in [1.807, 2.05) is 30.3 Å². The second kappa shape index (κ2) is 8.75. The van der Waals surface area contributed by atoms with Crippen molar-refractivity contribution in [1.82, 2.24) is 4.90 Å². The van der Waals surface area contributed by atoms with Crippen molar-refractivity contribution in [2.24, 2.45) is 0 Å². The molecule has 27 heavy (non-hydrogen) atoms. The molecule has 0 atom stereocenters. The Morgan fingerprint density at radius 1 is 1.04 bits per heavy atom. The van der Waals surface area contributed by atoms with Gasteiger partial charge in [-0.25, -0.2) is 9.18 Å². The van der Waals surface area contributed by atoms with Gasteiger partial charge in [0.15, 0.2) is 0 Å². The van der Waals surface area contributed by atoms with Gasteiger partial charge in [-0.2, -0.15) is 0 Å². The van der Waals surface area contributed by atoms with Gasteiger partial charge in [-0.15, -0.1) is 0 Å². The van der Waals surface area contributed by atoms with Crippen LogP contribution in [0.15, 0.2) is 48.5 Å². The minimum atomic E-state index is -0.235. The van der Waals surface area contributed by atoms with Gasteiger partial charge >= 0.3 is 6.03 Å². The second-order valence-electron chi connectivity index (χ2n) is 6.60. The highest BCUT2D eigenvalue weighted by Crippen LogP contribution is 2.20. The molecule has 0 aliphatic carbocycles. The molecule has 1 heterocycles. The number of carbonyl (C=O) groups is 1. The van der Waals surface area contributed by atoms with E-state index in [1.54, 1.807) is 11.0 Å². The Balaban J connectivity index is 1.53. The fraction of sp³-hybridized carbons (Fsp3) is 0.381. The third kappa shape index (κ3) is 4.70. The third-order valence-electron chi connectivity index (χ3n) is 4.99. The first-order chi connectivity index (χ1) is 13.1. The maximum Gasteiger partial charge on any atom is 0.321 e. The molecule has 0 bridgehead atoms. The number of nitrogens with one attached hydrogen (secondary N) is 1. The van der Waals surface area contributed by atoms with E-state index in [1.165, 1.54) is 12.1 Å². The fourth-order valence-electron chi connectivity index (χ4n) is 3.39. The minimum Gasteiger partial charge on any atom is -0.372 e. The number of hydrogen-bond acceptors (Lipinski definition) is 3. The number of urea groups is 1. The van der Waals surface area contributed by atoms with Gasteiger partial charge in [0.1, 0.15) is 5.82 Å². The lowest BCUT2D eigenvalue weighted by molar-refractivity contribution is 0.208. The summed E-state index contributed by atoms with van der Waals surface area (Å²) in [4.78, 5) is 18.7.